The van der Waals surface area contributed by atoms with Gasteiger partial charge in [-0.2, -0.15) is 0 Å². The molecule has 132 valence electrons. The summed E-state index contributed by atoms with van der Waals surface area (Å²) in [5, 5.41) is 22.9. The molecule has 0 aliphatic carbocycles. The number of ether oxygens (including phenoxy) is 1. The van der Waals surface area contributed by atoms with E-state index in [0.29, 0.717) is 12.2 Å². The first kappa shape index (κ1) is 18.0. The molecule has 1 amide bonds. The lowest BCUT2D eigenvalue weighted by Gasteiger charge is -2.08. The molecule has 0 saturated carbocycles. The fourth-order valence-electron chi connectivity index (χ4n) is 2.04. The molecule has 0 fully saturated rings. The molecule has 0 bridgehead atoms. The van der Waals surface area contributed by atoms with Gasteiger partial charge < -0.3 is 19.7 Å². The minimum Gasteiger partial charge on any atom is -0.502 e. The summed E-state index contributed by atoms with van der Waals surface area (Å²) in [6.07, 6.45) is 1.84. The van der Waals surface area contributed by atoms with E-state index in [-0.39, 0.29) is 24.4 Å². The van der Waals surface area contributed by atoms with Crippen molar-refractivity contribution < 1.29 is 19.6 Å². The standard InChI is InChI=1S/C16H17N3O6/c1-18-8-6-13(14(20)16(18)22)15(21)17-7-3-9-25-12-5-2-4-11(10-12)19(23)24/h2,4-6,8,10,20H,3,7,9H2,1H3,(H,17,21). The molecule has 25 heavy (non-hydrogen) atoms. The molecule has 0 saturated heterocycles. The third-order valence-electron chi connectivity index (χ3n) is 3.39. The van der Waals surface area contributed by atoms with Gasteiger partial charge in [0, 0.05) is 25.9 Å². The number of aryl methyl sites for hydroxylation is 1. The Balaban J connectivity index is 1.81. The molecule has 2 rings (SSSR count). The molecule has 9 heteroatoms. The Bertz CT molecular complexity index is 846. The van der Waals surface area contributed by atoms with Gasteiger partial charge >= 0.3 is 0 Å². The first-order valence-electron chi connectivity index (χ1n) is 7.44. The minimum absolute atomic E-state index is 0.0630. The summed E-state index contributed by atoms with van der Waals surface area (Å²) in [6.45, 7) is 0.492. The Kier molecular flexibility index (Phi) is 5.72. The topological polar surface area (TPSA) is 124 Å². The van der Waals surface area contributed by atoms with Crippen LogP contribution in [0.15, 0.2) is 41.3 Å². The van der Waals surface area contributed by atoms with Crippen molar-refractivity contribution in [2.75, 3.05) is 13.2 Å². The smallest absolute Gasteiger partial charge is 0.293 e. The lowest BCUT2D eigenvalue weighted by Crippen LogP contribution is -2.28. The molecule has 1 aromatic carbocycles. The van der Waals surface area contributed by atoms with Gasteiger partial charge in [-0.1, -0.05) is 6.07 Å². The molecule has 0 radical (unpaired) electrons. The second kappa shape index (κ2) is 7.95. The average Bonchev–Trinajstić information content (AvgIpc) is 2.59. The third-order valence-corrected chi connectivity index (χ3v) is 3.39. The number of hydrogen-bond acceptors (Lipinski definition) is 6. The van der Waals surface area contributed by atoms with E-state index in [4.69, 9.17) is 4.74 Å². The van der Waals surface area contributed by atoms with Crippen LogP contribution < -0.4 is 15.6 Å². The van der Waals surface area contributed by atoms with Crippen LogP contribution in [0.25, 0.3) is 0 Å². The molecule has 0 atom stereocenters. The van der Waals surface area contributed by atoms with Crippen LogP contribution >= 0.6 is 0 Å². The molecule has 1 heterocycles. The number of benzene rings is 1. The number of nitro groups is 1. The molecule has 2 aromatic rings. The van der Waals surface area contributed by atoms with Gasteiger partial charge in [-0.3, -0.25) is 19.7 Å². The third kappa shape index (κ3) is 4.56. The first-order chi connectivity index (χ1) is 11.9. The highest BCUT2D eigenvalue weighted by atomic mass is 16.6. The number of nitro benzene ring substituents is 1. The first-order valence-corrected chi connectivity index (χ1v) is 7.44. The predicted molar refractivity (Wildman–Crippen MR) is 88.9 cm³/mol. The van der Waals surface area contributed by atoms with Crippen molar-refractivity contribution in [3.63, 3.8) is 0 Å². The van der Waals surface area contributed by atoms with Gasteiger partial charge in [-0.15, -0.1) is 0 Å². The number of nitrogens with zero attached hydrogens (tertiary/aromatic N) is 2. The molecule has 0 spiro atoms. The van der Waals surface area contributed by atoms with Gasteiger partial charge in [0.1, 0.15) is 5.75 Å². The number of hydrogen-bond donors (Lipinski definition) is 2. The van der Waals surface area contributed by atoms with Crippen LogP contribution in [0, 0.1) is 10.1 Å². The number of aromatic hydroxyl groups is 1. The fourth-order valence-corrected chi connectivity index (χ4v) is 2.04. The van der Waals surface area contributed by atoms with Gasteiger partial charge in [-0.25, -0.2) is 0 Å². The number of pyridine rings is 1. The monoisotopic (exact) mass is 347 g/mol. The van der Waals surface area contributed by atoms with E-state index in [2.05, 4.69) is 5.32 Å². The summed E-state index contributed by atoms with van der Waals surface area (Å²) in [6, 6.07) is 7.16. The van der Waals surface area contributed by atoms with E-state index < -0.39 is 22.1 Å². The van der Waals surface area contributed by atoms with Crippen LogP contribution in [0.5, 0.6) is 11.5 Å². The van der Waals surface area contributed by atoms with Gasteiger partial charge in [-0.05, 0) is 18.6 Å². The Morgan fingerprint density at radius 2 is 2.16 bits per heavy atom. The largest absolute Gasteiger partial charge is 0.502 e. The van der Waals surface area contributed by atoms with E-state index in [1.54, 1.807) is 6.07 Å². The second-order valence-electron chi connectivity index (χ2n) is 5.21. The van der Waals surface area contributed by atoms with Gasteiger partial charge in [0.2, 0.25) is 0 Å². The lowest BCUT2D eigenvalue weighted by atomic mass is 10.2. The number of aromatic nitrogens is 1. The fraction of sp³-hybridized carbons (Fsp3) is 0.250. The molecular weight excluding hydrogens is 330 g/mol. The van der Waals surface area contributed by atoms with Crippen LogP contribution in [0.3, 0.4) is 0 Å². The van der Waals surface area contributed by atoms with Crippen molar-refractivity contribution >= 4 is 11.6 Å². The highest BCUT2D eigenvalue weighted by Crippen LogP contribution is 2.19. The van der Waals surface area contributed by atoms with Gasteiger partial charge in [0.15, 0.2) is 5.75 Å². The Labute approximate surface area is 142 Å². The zero-order valence-electron chi connectivity index (χ0n) is 13.5. The summed E-state index contributed by atoms with van der Waals surface area (Å²) in [4.78, 5) is 33.7. The SMILES string of the molecule is Cn1ccc(C(=O)NCCCOc2cccc([N+](=O)[O-])c2)c(O)c1=O. The predicted octanol–water partition coefficient (Wildman–Crippen LogP) is 1.20. The van der Waals surface area contributed by atoms with Gasteiger partial charge in [0.25, 0.3) is 17.2 Å². The van der Waals surface area contributed by atoms with Crippen molar-refractivity contribution in [1.29, 1.82) is 0 Å². The number of nitrogens with one attached hydrogen (secondary N) is 1. The lowest BCUT2D eigenvalue weighted by molar-refractivity contribution is -0.384. The Hall–Kier alpha value is -3.36. The van der Waals surface area contributed by atoms with Crippen LogP contribution in [-0.4, -0.2) is 33.7 Å². The minimum atomic E-state index is -0.651. The highest BCUT2D eigenvalue weighted by molar-refractivity contribution is 5.96. The normalized spacial score (nSPS) is 10.3. The van der Waals surface area contributed by atoms with E-state index in [1.807, 2.05) is 0 Å². The average molecular weight is 347 g/mol. The van der Waals surface area contributed by atoms with E-state index in [0.717, 1.165) is 0 Å². The number of rotatable bonds is 7. The summed E-state index contributed by atoms with van der Waals surface area (Å²) in [5.74, 6) is -0.800. The maximum Gasteiger partial charge on any atom is 0.293 e. The van der Waals surface area contributed by atoms with Crippen molar-refractivity contribution in [1.82, 2.24) is 9.88 Å². The second-order valence-corrected chi connectivity index (χ2v) is 5.21. The molecule has 9 nitrogen and oxygen atoms in total. The number of carbonyl (C=O) groups is 1. The van der Waals surface area contributed by atoms with Crippen LogP contribution in [0.4, 0.5) is 5.69 Å². The summed E-state index contributed by atoms with van der Waals surface area (Å²) in [5.41, 5.74) is -0.809. The summed E-state index contributed by atoms with van der Waals surface area (Å²) in [7, 11) is 1.47. The number of amides is 1. The van der Waals surface area contributed by atoms with Crippen molar-refractivity contribution in [3.05, 3.63) is 62.6 Å². The molecule has 0 unspecified atom stereocenters. The zero-order valence-corrected chi connectivity index (χ0v) is 13.5. The Morgan fingerprint density at radius 3 is 2.88 bits per heavy atom. The van der Waals surface area contributed by atoms with E-state index in [1.165, 1.54) is 42.1 Å². The van der Waals surface area contributed by atoms with Gasteiger partial charge in [0.05, 0.1) is 23.2 Å². The van der Waals surface area contributed by atoms with E-state index >= 15 is 0 Å². The zero-order chi connectivity index (χ0) is 18.4. The maximum absolute atomic E-state index is 11.9. The molecule has 0 aliphatic heterocycles. The Morgan fingerprint density at radius 1 is 1.40 bits per heavy atom. The van der Waals surface area contributed by atoms with Crippen LogP contribution in [0.2, 0.25) is 0 Å². The molecule has 0 aliphatic rings. The molecular formula is C16H17N3O6. The van der Waals surface area contributed by atoms with Crippen molar-refractivity contribution in [3.8, 4) is 11.5 Å². The van der Waals surface area contributed by atoms with Crippen LogP contribution in [0.1, 0.15) is 16.8 Å². The number of carbonyl (C=O) groups excluding carboxylic acids is 1. The molecule has 2 N–H and O–H groups in total. The van der Waals surface area contributed by atoms with E-state index in [9.17, 15) is 24.8 Å². The quantitative estimate of drug-likeness (QED) is 0.440. The maximum atomic E-state index is 11.9. The number of non-ortho nitro benzene ring substituents is 1. The van der Waals surface area contributed by atoms with Crippen molar-refractivity contribution in [2.24, 2.45) is 7.05 Å². The summed E-state index contributed by atoms with van der Waals surface area (Å²) >= 11 is 0. The molecule has 1 aromatic heterocycles. The van der Waals surface area contributed by atoms with Crippen LogP contribution in [-0.2, 0) is 7.05 Å². The highest BCUT2D eigenvalue weighted by Gasteiger charge is 2.14. The van der Waals surface area contributed by atoms with Crippen molar-refractivity contribution in [2.45, 2.75) is 6.42 Å². The summed E-state index contributed by atoms with van der Waals surface area (Å²) < 4.78 is 6.55.